The molecule has 1 aromatic carbocycles. The lowest BCUT2D eigenvalue weighted by molar-refractivity contribution is -0.139. The van der Waals surface area contributed by atoms with E-state index in [4.69, 9.17) is 10.5 Å². The molecule has 3 N–H and O–H groups in total. The minimum absolute atomic E-state index is 0.131. The van der Waals surface area contributed by atoms with Gasteiger partial charge in [-0.1, -0.05) is 26.0 Å². The lowest BCUT2D eigenvalue weighted by Crippen LogP contribution is -2.56. The predicted octanol–water partition coefficient (Wildman–Crippen LogP) is 1.39. The largest absolute Gasteiger partial charge is 0.367 e. The highest BCUT2D eigenvalue weighted by atomic mass is 19.1. The van der Waals surface area contributed by atoms with Crippen molar-refractivity contribution in [1.82, 2.24) is 10.2 Å². The number of amides is 3. The van der Waals surface area contributed by atoms with E-state index in [2.05, 4.69) is 5.32 Å². The van der Waals surface area contributed by atoms with E-state index in [1.165, 1.54) is 17.0 Å². The Bertz CT molecular complexity index is 621. The molecule has 24 heavy (non-hydrogen) atoms. The van der Waals surface area contributed by atoms with Crippen molar-refractivity contribution in [3.05, 3.63) is 35.6 Å². The number of benzene rings is 1. The highest BCUT2D eigenvalue weighted by Crippen LogP contribution is 2.23. The van der Waals surface area contributed by atoms with E-state index in [9.17, 15) is 14.0 Å². The first-order chi connectivity index (χ1) is 11.2. The van der Waals surface area contributed by atoms with Crippen LogP contribution >= 0.6 is 0 Å². The van der Waals surface area contributed by atoms with Gasteiger partial charge >= 0.3 is 6.03 Å². The summed E-state index contributed by atoms with van der Waals surface area (Å²) in [6.45, 7) is 6.49. The number of carbonyl (C=O) groups is 2. The van der Waals surface area contributed by atoms with Crippen LogP contribution in [0.15, 0.2) is 24.3 Å². The van der Waals surface area contributed by atoms with Crippen LogP contribution in [-0.4, -0.2) is 48.7 Å². The van der Waals surface area contributed by atoms with E-state index in [1.54, 1.807) is 13.0 Å². The van der Waals surface area contributed by atoms with Crippen LogP contribution in [0.3, 0.4) is 0 Å². The van der Waals surface area contributed by atoms with Crippen LogP contribution in [0.2, 0.25) is 0 Å². The number of nitrogens with zero attached hydrogens (tertiary/aromatic N) is 1. The number of morpholine rings is 1. The number of hydrogen-bond acceptors (Lipinski definition) is 3. The smallest absolute Gasteiger partial charge is 0.317 e. The Morgan fingerprint density at radius 3 is 2.75 bits per heavy atom. The summed E-state index contributed by atoms with van der Waals surface area (Å²) in [5, 5.41) is 2.85. The molecule has 1 heterocycles. The molecule has 0 spiro atoms. The predicted molar refractivity (Wildman–Crippen MR) is 87.9 cm³/mol. The molecule has 132 valence electrons. The summed E-state index contributed by atoms with van der Waals surface area (Å²) in [5.74, 6) is -0.891. The number of primary amides is 1. The fourth-order valence-electron chi connectivity index (χ4n) is 2.69. The number of carbonyl (C=O) groups excluding carboxylic acids is 2. The van der Waals surface area contributed by atoms with E-state index in [-0.39, 0.29) is 24.5 Å². The molecule has 0 aliphatic carbocycles. The molecule has 0 unspecified atom stereocenters. The number of ether oxygens (including phenoxy) is 1. The number of rotatable bonds is 4. The molecule has 1 aliphatic heterocycles. The molecule has 6 nitrogen and oxygen atoms in total. The van der Waals surface area contributed by atoms with E-state index in [1.807, 2.05) is 19.9 Å². The van der Waals surface area contributed by atoms with Crippen LogP contribution in [0.4, 0.5) is 9.18 Å². The van der Waals surface area contributed by atoms with Gasteiger partial charge < -0.3 is 20.7 Å². The monoisotopic (exact) mass is 337 g/mol. The van der Waals surface area contributed by atoms with Crippen molar-refractivity contribution >= 4 is 11.9 Å². The summed E-state index contributed by atoms with van der Waals surface area (Å²) in [4.78, 5) is 25.2. The number of nitrogens with two attached hydrogens (primary N) is 1. The molecule has 7 heteroatoms. The third-order valence-corrected chi connectivity index (χ3v) is 4.15. The van der Waals surface area contributed by atoms with E-state index >= 15 is 0 Å². The molecule has 0 aromatic heterocycles. The number of halogens is 1. The zero-order valence-electron chi connectivity index (χ0n) is 14.2. The molecule has 2 rings (SSSR count). The third kappa shape index (κ3) is 4.44. The first kappa shape index (κ1) is 18.2. The van der Waals surface area contributed by atoms with Gasteiger partial charge in [-0.25, -0.2) is 9.18 Å². The van der Waals surface area contributed by atoms with Crippen molar-refractivity contribution in [3.63, 3.8) is 0 Å². The van der Waals surface area contributed by atoms with Crippen LogP contribution < -0.4 is 11.1 Å². The molecule has 0 radical (unpaired) electrons. The van der Waals surface area contributed by atoms with Crippen molar-refractivity contribution in [2.24, 2.45) is 5.73 Å². The molecule has 0 saturated carbocycles. The van der Waals surface area contributed by atoms with Crippen molar-refractivity contribution in [2.45, 2.75) is 38.4 Å². The van der Waals surface area contributed by atoms with Crippen molar-refractivity contribution in [3.8, 4) is 0 Å². The Kier molecular flexibility index (Phi) is 5.43. The van der Waals surface area contributed by atoms with Crippen molar-refractivity contribution < 1.29 is 18.7 Å². The van der Waals surface area contributed by atoms with Crippen LogP contribution in [0.25, 0.3) is 0 Å². The average Bonchev–Trinajstić information content (AvgIpc) is 2.52. The molecular weight excluding hydrogens is 313 g/mol. The lowest BCUT2D eigenvalue weighted by atomic mass is 9.84. The summed E-state index contributed by atoms with van der Waals surface area (Å²) < 4.78 is 18.8. The zero-order valence-corrected chi connectivity index (χ0v) is 14.2. The summed E-state index contributed by atoms with van der Waals surface area (Å²) in [6, 6.07) is 6.04. The second kappa shape index (κ2) is 7.17. The van der Waals surface area contributed by atoms with E-state index in [0.29, 0.717) is 13.1 Å². The Hall–Kier alpha value is -2.15. The molecule has 3 amide bonds. The molecule has 1 fully saturated rings. The minimum atomic E-state index is -0.796. The SMILES string of the molecule is C[C@@H]1CN(C(=O)NCC(C)(C)c2cccc(F)c2)C[C@H](C(N)=O)O1. The first-order valence-electron chi connectivity index (χ1n) is 7.92. The summed E-state index contributed by atoms with van der Waals surface area (Å²) in [5.41, 5.74) is 5.63. The third-order valence-electron chi connectivity index (χ3n) is 4.15. The Labute approximate surface area is 141 Å². The molecular formula is C17H24FN3O3. The maximum Gasteiger partial charge on any atom is 0.317 e. The quantitative estimate of drug-likeness (QED) is 0.871. The van der Waals surface area contributed by atoms with Gasteiger partial charge in [-0.05, 0) is 24.6 Å². The van der Waals surface area contributed by atoms with Gasteiger partial charge in [0.25, 0.3) is 0 Å². The van der Waals surface area contributed by atoms with E-state index in [0.717, 1.165) is 5.56 Å². The highest BCUT2D eigenvalue weighted by molar-refractivity contribution is 5.81. The molecule has 0 bridgehead atoms. The van der Waals surface area contributed by atoms with Gasteiger partial charge in [0.15, 0.2) is 6.10 Å². The maximum absolute atomic E-state index is 13.4. The average molecular weight is 337 g/mol. The fraction of sp³-hybridized carbons (Fsp3) is 0.529. The Morgan fingerprint density at radius 2 is 2.12 bits per heavy atom. The van der Waals surface area contributed by atoms with Crippen LogP contribution in [0, 0.1) is 5.82 Å². The Balaban J connectivity index is 1.98. The second-order valence-corrected chi connectivity index (χ2v) is 6.80. The van der Waals surface area contributed by atoms with Crippen LogP contribution in [-0.2, 0) is 14.9 Å². The minimum Gasteiger partial charge on any atom is -0.367 e. The number of urea groups is 1. The first-order valence-corrected chi connectivity index (χ1v) is 7.92. The van der Waals surface area contributed by atoms with Gasteiger partial charge in [0.1, 0.15) is 5.82 Å². The topological polar surface area (TPSA) is 84.7 Å². The van der Waals surface area contributed by atoms with Crippen molar-refractivity contribution in [2.75, 3.05) is 19.6 Å². The number of hydrogen-bond donors (Lipinski definition) is 2. The second-order valence-electron chi connectivity index (χ2n) is 6.80. The zero-order chi connectivity index (χ0) is 17.9. The van der Waals surface area contributed by atoms with Gasteiger partial charge in [-0.2, -0.15) is 0 Å². The van der Waals surface area contributed by atoms with Gasteiger partial charge in [-0.15, -0.1) is 0 Å². The van der Waals surface area contributed by atoms with Gasteiger partial charge in [0, 0.05) is 18.5 Å². The summed E-state index contributed by atoms with van der Waals surface area (Å²) >= 11 is 0. The summed E-state index contributed by atoms with van der Waals surface area (Å²) in [6.07, 6.45) is -1.06. The van der Waals surface area contributed by atoms with Gasteiger partial charge in [0.2, 0.25) is 5.91 Å². The maximum atomic E-state index is 13.4. The van der Waals surface area contributed by atoms with Gasteiger partial charge in [-0.3, -0.25) is 4.79 Å². The van der Waals surface area contributed by atoms with Crippen molar-refractivity contribution in [1.29, 1.82) is 0 Å². The summed E-state index contributed by atoms with van der Waals surface area (Å²) in [7, 11) is 0. The number of nitrogens with one attached hydrogen (secondary N) is 1. The van der Waals surface area contributed by atoms with E-state index < -0.39 is 17.4 Å². The van der Waals surface area contributed by atoms with Crippen LogP contribution in [0.5, 0.6) is 0 Å². The van der Waals surface area contributed by atoms with Crippen LogP contribution in [0.1, 0.15) is 26.3 Å². The molecule has 1 aliphatic rings. The molecule has 1 saturated heterocycles. The normalized spacial score (nSPS) is 21.4. The Morgan fingerprint density at radius 1 is 1.42 bits per heavy atom. The molecule has 2 atom stereocenters. The lowest BCUT2D eigenvalue weighted by Gasteiger charge is -2.36. The fourth-order valence-corrected chi connectivity index (χ4v) is 2.69. The van der Waals surface area contributed by atoms with Gasteiger partial charge in [0.05, 0.1) is 12.6 Å². The molecule has 1 aromatic rings. The standard InChI is InChI=1S/C17H24FN3O3/c1-11-8-21(9-14(24-11)15(19)22)16(23)20-10-17(2,3)12-5-4-6-13(18)7-12/h4-7,11,14H,8-10H2,1-3H3,(H2,19,22)(H,20,23)/t11-,14-/m1/s1. The highest BCUT2D eigenvalue weighted by Gasteiger charge is 2.32.